The third-order valence-corrected chi connectivity index (χ3v) is 6.48. The fourth-order valence-corrected chi connectivity index (χ4v) is 4.41. The van der Waals surface area contributed by atoms with Crippen molar-refractivity contribution in [3.8, 4) is 0 Å². The molecule has 3 aromatic rings. The Labute approximate surface area is 213 Å². The number of carboxylic acid groups (broad SMARTS) is 1. The Bertz CT molecular complexity index is 1150. The third-order valence-electron chi connectivity index (χ3n) is 5.85. The first-order chi connectivity index (χ1) is 16.9. The van der Waals surface area contributed by atoms with Crippen molar-refractivity contribution < 1.29 is 19.4 Å². The van der Waals surface area contributed by atoms with Gasteiger partial charge in [-0.05, 0) is 48.2 Å². The van der Waals surface area contributed by atoms with Gasteiger partial charge in [-0.1, -0.05) is 59.6 Å². The number of carboxylic acids is 1. The molecule has 0 saturated heterocycles. The normalized spacial score (nSPS) is 17.8. The zero-order valence-electron chi connectivity index (χ0n) is 18.8. The molecule has 9 heteroatoms. The molecule has 4 rings (SSSR count). The van der Waals surface area contributed by atoms with E-state index in [1.165, 1.54) is 12.1 Å². The van der Waals surface area contributed by atoms with Crippen LogP contribution in [0.2, 0.25) is 10.0 Å². The van der Waals surface area contributed by atoms with E-state index in [2.05, 4.69) is 15.6 Å². The molecule has 1 atom stereocenters. The maximum Gasteiger partial charge on any atom is 0.326 e. The van der Waals surface area contributed by atoms with Crippen LogP contribution in [0.4, 0.5) is 5.82 Å². The predicted octanol–water partition coefficient (Wildman–Crippen LogP) is 4.97. The summed E-state index contributed by atoms with van der Waals surface area (Å²) in [7, 11) is 0. The highest BCUT2D eigenvalue weighted by atomic mass is 35.5. The van der Waals surface area contributed by atoms with Crippen LogP contribution in [-0.4, -0.2) is 40.2 Å². The molecule has 1 fully saturated rings. The number of hydrogen-bond acceptors (Lipinski definition) is 5. The zero-order valence-corrected chi connectivity index (χ0v) is 20.3. The van der Waals surface area contributed by atoms with E-state index in [4.69, 9.17) is 27.9 Å². The van der Waals surface area contributed by atoms with Crippen LogP contribution in [-0.2, 0) is 22.6 Å². The smallest absolute Gasteiger partial charge is 0.326 e. The van der Waals surface area contributed by atoms with Crippen molar-refractivity contribution in [1.29, 1.82) is 0 Å². The second-order valence-electron chi connectivity index (χ2n) is 8.44. The molecular weight excluding hydrogens is 489 g/mol. The van der Waals surface area contributed by atoms with Crippen molar-refractivity contribution in [2.45, 2.75) is 44.1 Å². The number of pyridine rings is 1. The lowest BCUT2D eigenvalue weighted by Crippen LogP contribution is -2.42. The van der Waals surface area contributed by atoms with Crippen molar-refractivity contribution in [2.75, 3.05) is 5.32 Å². The van der Waals surface area contributed by atoms with Gasteiger partial charge in [0.1, 0.15) is 11.9 Å². The van der Waals surface area contributed by atoms with E-state index < -0.39 is 17.9 Å². The topological polar surface area (TPSA) is 101 Å². The fourth-order valence-electron chi connectivity index (χ4n) is 3.84. The summed E-state index contributed by atoms with van der Waals surface area (Å²) in [5.74, 6) is -0.903. The van der Waals surface area contributed by atoms with Gasteiger partial charge in [0.05, 0.1) is 28.3 Å². The van der Waals surface area contributed by atoms with Gasteiger partial charge in [0.25, 0.3) is 5.91 Å². The molecule has 0 spiro atoms. The number of ether oxygens (including phenoxy) is 1. The molecule has 1 heterocycles. The van der Waals surface area contributed by atoms with Crippen LogP contribution in [0.3, 0.4) is 0 Å². The number of nitrogens with one attached hydrogen (secondary N) is 2. The highest BCUT2D eigenvalue weighted by Crippen LogP contribution is 2.27. The van der Waals surface area contributed by atoms with Crippen LogP contribution >= 0.6 is 23.2 Å². The Kier molecular flexibility index (Phi) is 8.23. The van der Waals surface area contributed by atoms with Gasteiger partial charge in [-0.15, -0.1) is 0 Å². The first-order valence-electron chi connectivity index (χ1n) is 11.2. The van der Waals surface area contributed by atoms with Gasteiger partial charge >= 0.3 is 5.97 Å². The summed E-state index contributed by atoms with van der Waals surface area (Å²) in [5, 5.41) is 15.8. The first-order valence-corrected chi connectivity index (χ1v) is 12.0. The lowest BCUT2D eigenvalue weighted by Gasteiger charge is -2.36. The van der Waals surface area contributed by atoms with Gasteiger partial charge in [-0.2, -0.15) is 0 Å². The number of hydrogen-bond donors (Lipinski definition) is 3. The molecule has 1 amide bonds. The average Bonchev–Trinajstić information content (AvgIpc) is 2.81. The number of aliphatic carboxylic acids is 1. The van der Waals surface area contributed by atoms with Crippen molar-refractivity contribution in [3.05, 3.63) is 93.6 Å². The van der Waals surface area contributed by atoms with Crippen molar-refractivity contribution >= 4 is 40.9 Å². The van der Waals surface area contributed by atoms with Crippen LogP contribution in [0.25, 0.3) is 0 Å². The summed E-state index contributed by atoms with van der Waals surface area (Å²) in [4.78, 5) is 28.6. The lowest BCUT2D eigenvalue weighted by atomic mass is 9.89. The van der Waals surface area contributed by atoms with Gasteiger partial charge in [0.15, 0.2) is 0 Å². The zero-order chi connectivity index (χ0) is 24.8. The third kappa shape index (κ3) is 6.72. The summed E-state index contributed by atoms with van der Waals surface area (Å²) in [6.07, 6.45) is 3.92. The SMILES string of the molecule is O=C(NC(Cc1ccc(CO[C@H]2C[C@@H](Nc3ccccn3)C2)cc1)C(=O)O)c1c(Cl)cccc1Cl. The highest BCUT2D eigenvalue weighted by Gasteiger charge is 2.30. The van der Waals surface area contributed by atoms with Gasteiger partial charge in [0, 0.05) is 18.7 Å². The monoisotopic (exact) mass is 513 g/mol. The predicted molar refractivity (Wildman–Crippen MR) is 135 cm³/mol. The summed E-state index contributed by atoms with van der Waals surface area (Å²) in [6, 6.07) is 17.2. The maximum absolute atomic E-state index is 12.6. The van der Waals surface area contributed by atoms with Crippen LogP contribution in [0, 0.1) is 0 Å². The second-order valence-corrected chi connectivity index (χ2v) is 9.26. The van der Waals surface area contributed by atoms with E-state index in [9.17, 15) is 14.7 Å². The van der Waals surface area contributed by atoms with Gasteiger partial charge in [0.2, 0.25) is 0 Å². The maximum atomic E-state index is 12.6. The molecule has 1 aromatic heterocycles. The molecule has 2 aromatic carbocycles. The van der Waals surface area contributed by atoms with Gasteiger partial charge in [-0.3, -0.25) is 4.79 Å². The minimum absolute atomic E-state index is 0.0584. The summed E-state index contributed by atoms with van der Waals surface area (Å²) in [6.45, 7) is 0.478. The number of carbonyl (C=O) groups excluding carboxylic acids is 1. The Hall–Kier alpha value is -3.13. The number of aromatic nitrogens is 1. The molecule has 1 unspecified atom stereocenters. The molecule has 0 aliphatic heterocycles. The van der Waals surface area contributed by atoms with E-state index in [-0.39, 0.29) is 28.1 Å². The van der Waals surface area contributed by atoms with E-state index in [0.717, 1.165) is 29.8 Å². The van der Waals surface area contributed by atoms with E-state index in [1.807, 2.05) is 42.5 Å². The van der Waals surface area contributed by atoms with Gasteiger partial charge < -0.3 is 20.5 Å². The Balaban J connectivity index is 1.25. The fraction of sp³-hybridized carbons (Fsp3) is 0.269. The number of benzene rings is 2. The molecule has 35 heavy (non-hydrogen) atoms. The van der Waals surface area contributed by atoms with Crippen LogP contribution in [0.5, 0.6) is 0 Å². The molecule has 0 bridgehead atoms. The molecular formula is C26H25Cl2N3O4. The minimum atomic E-state index is -1.15. The number of amides is 1. The van der Waals surface area contributed by atoms with Crippen molar-refractivity contribution in [1.82, 2.24) is 10.3 Å². The Morgan fingerprint density at radius 3 is 2.31 bits per heavy atom. The summed E-state index contributed by atoms with van der Waals surface area (Å²) >= 11 is 12.1. The van der Waals surface area contributed by atoms with Gasteiger partial charge in [-0.25, -0.2) is 9.78 Å². The van der Waals surface area contributed by atoms with Crippen LogP contribution in [0.15, 0.2) is 66.9 Å². The minimum Gasteiger partial charge on any atom is -0.480 e. The standard InChI is InChI=1S/C26H25Cl2N3O4/c27-20-4-3-5-21(28)24(20)25(32)31-22(26(33)34)12-16-7-9-17(10-8-16)15-35-19-13-18(14-19)30-23-6-1-2-11-29-23/h1-11,18-19,22H,12-15H2,(H,29,30)(H,31,32)(H,33,34)/t18-,19+,22?. The molecule has 7 nitrogen and oxygen atoms in total. The second kappa shape index (κ2) is 11.5. The number of rotatable bonds is 10. The molecule has 3 N–H and O–H groups in total. The highest BCUT2D eigenvalue weighted by molar-refractivity contribution is 6.39. The van der Waals surface area contributed by atoms with E-state index in [1.54, 1.807) is 12.3 Å². The summed E-state index contributed by atoms with van der Waals surface area (Å²) < 4.78 is 5.98. The largest absolute Gasteiger partial charge is 0.480 e. The lowest BCUT2D eigenvalue weighted by molar-refractivity contribution is -0.139. The summed E-state index contributed by atoms with van der Waals surface area (Å²) in [5.41, 5.74) is 1.83. The Morgan fingerprint density at radius 2 is 1.69 bits per heavy atom. The van der Waals surface area contributed by atoms with Crippen LogP contribution < -0.4 is 10.6 Å². The Morgan fingerprint density at radius 1 is 1.00 bits per heavy atom. The molecule has 1 aliphatic rings. The first kappa shape index (κ1) is 25.0. The van der Waals surface area contributed by atoms with Crippen molar-refractivity contribution in [2.24, 2.45) is 0 Å². The molecule has 1 aliphatic carbocycles. The van der Waals surface area contributed by atoms with E-state index >= 15 is 0 Å². The molecule has 182 valence electrons. The van der Waals surface area contributed by atoms with Crippen molar-refractivity contribution in [3.63, 3.8) is 0 Å². The molecule has 1 saturated carbocycles. The quantitative estimate of drug-likeness (QED) is 0.353. The number of nitrogens with zero attached hydrogens (tertiary/aromatic N) is 1. The average molecular weight is 514 g/mol. The molecule has 0 radical (unpaired) electrons. The van der Waals surface area contributed by atoms with E-state index in [0.29, 0.717) is 12.6 Å². The number of carbonyl (C=O) groups is 2. The number of anilines is 1. The number of halogens is 2. The van der Waals surface area contributed by atoms with Crippen LogP contribution in [0.1, 0.15) is 34.3 Å².